The summed E-state index contributed by atoms with van der Waals surface area (Å²) in [4.78, 5) is 2.40. The monoisotopic (exact) mass is 410 g/mol. The Morgan fingerprint density at radius 1 is 0.733 bits per heavy atom. The van der Waals surface area contributed by atoms with Crippen LogP contribution in [0.5, 0.6) is 0 Å². The van der Waals surface area contributed by atoms with E-state index in [4.69, 9.17) is 0 Å². The van der Waals surface area contributed by atoms with E-state index in [2.05, 4.69) is 90.2 Å². The van der Waals surface area contributed by atoms with Gasteiger partial charge in [0.05, 0.1) is 0 Å². The van der Waals surface area contributed by atoms with Gasteiger partial charge in [0.15, 0.2) is 14.1 Å². The molecule has 0 aromatic heterocycles. The lowest BCUT2D eigenvalue weighted by Crippen LogP contribution is -2.00. The van der Waals surface area contributed by atoms with E-state index in [0.29, 0.717) is 0 Å². The first-order chi connectivity index (χ1) is 14.6. The smallest absolute Gasteiger partial charge is 0.0968 e. The average Bonchev–Trinajstić information content (AvgIpc) is 3.32. The Labute approximate surface area is 180 Å². The van der Waals surface area contributed by atoms with Crippen LogP contribution in [0.1, 0.15) is 5.56 Å². The summed E-state index contributed by atoms with van der Waals surface area (Å²) in [7, 11) is 4.01. The number of fused-ring (bicyclic) bond motifs is 1. The Morgan fingerprint density at radius 3 is 2.33 bits per heavy atom. The van der Waals surface area contributed by atoms with Crippen LogP contribution >= 0.6 is 11.8 Å². The van der Waals surface area contributed by atoms with Gasteiger partial charge in [0, 0.05) is 46.2 Å². The minimum absolute atomic E-state index is 1.10. The van der Waals surface area contributed by atoms with Crippen LogP contribution in [-0.2, 0) is 0 Å². The number of para-hydroxylation sites is 2. The highest BCUT2D eigenvalue weighted by molar-refractivity contribution is 7.99. The standard InChI is InChI=1S/C25H22N4S/c1-19-13-21(29-18-27(3)24-9-4-5-10-25(24)29)16-23(14-19)30-22-8-6-7-20(15-22)28-12-11-26(2)17-28/h4-16H,1-3H3/q+4. The van der Waals surface area contributed by atoms with Crippen molar-refractivity contribution < 1.29 is 13.7 Å². The minimum Gasteiger partial charge on any atom is -0.0968 e. The number of hydrogen-bond donors (Lipinski definition) is 0. The second-order valence-corrected chi connectivity index (χ2v) is 8.61. The summed E-state index contributed by atoms with van der Waals surface area (Å²) < 4.78 is 8.11. The molecular weight excluding hydrogens is 388 g/mol. The van der Waals surface area contributed by atoms with E-state index in [1.807, 2.05) is 40.2 Å². The molecule has 3 aromatic carbocycles. The summed E-state index contributed by atoms with van der Waals surface area (Å²) in [5, 5.41) is 0. The third-order valence-electron chi connectivity index (χ3n) is 5.06. The Hall–Kier alpha value is -3.49. The van der Waals surface area contributed by atoms with Crippen molar-refractivity contribution in [3.8, 4) is 0 Å². The Kier molecular flexibility index (Phi) is 4.57. The van der Waals surface area contributed by atoms with Gasteiger partial charge in [-0.05, 0) is 29.2 Å². The Bertz CT molecular complexity index is 1370. The van der Waals surface area contributed by atoms with Crippen LogP contribution in [0.4, 0.5) is 22.7 Å². The largest absolute Gasteiger partial charge is 0.496 e. The fourth-order valence-corrected chi connectivity index (χ4v) is 4.71. The molecule has 2 aliphatic heterocycles. The predicted octanol–water partition coefficient (Wildman–Crippen LogP) is 5.39. The maximum Gasteiger partial charge on any atom is 0.496 e. The quantitative estimate of drug-likeness (QED) is 0.526. The highest BCUT2D eigenvalue weighted by Crippen LogP contribution is 2.36. The van der Waals surface area contributed by atoms with Gasteiger partial charge >= 0.3 is 12.0 Å². The van der Waals surface area contributed by atoms with Crippen molar-refractivity contribution in [2.24, 2.45) is 0 Å². The molecule has 2 aliphatic rings. The number of aryl methyl sites for hydroxylation is 1. The van der Waals surface area contributed by atoms with Gasteiger partial charge in [0.2, 0.25) is 17.6 Å². The van der Waals surface area contributed by atoms with Gasteiger partial charge in [0.1, 0.15) is 0 Å². The second-order valence-electron chi connectivity index (χ2n) is 7.47. The van der Waals surface area contributed by atoms with Gasteiger partial charge in [-0.15, -0.1) is 0 Å². The van der Waals surface area contributed by atoms with Crippen LogP contribution in [0.25, 0.3) is 0 Å². The second kappa shape index (κ2) is 7.40. The van der Waals surface area contributed by atoms with Crippen molar-refractivity contribution in [3.63, 3.8) is 0 Å². The molecule has 0 radical (unpaired) electrons. The number of rotatable bonds is 4. The highest BCUT2D eigenvalue weighted by atomic mass is 32.2. The van der Waals surface area contributed by atoms with Crippen LogP contribution < -0.4 is 4.58 Å². The van der Waals surface area contributed by atoms with Crippen LogP contribution in [-0.4, -0.2) is 39.8 Å². The molecule has 0 amide bonds. The topological polar surface area (TPSA) is 12.0 Å². The summed E-state index contributed by atoms with van der Waals surface area (Å²) in [6.07, 6.45) is 4.01. The minimum atomic E-state index is 1.10. The molecule has 4 nitrogen and oxygen atoms in total. The van der Waals surface area contributed by atoms with Gasteiger partial charge in [-0.2, -0.15) is 0 Å². The zero-order valence-corrected chi connectivity index (χ0v) is 18.0. The van der Waals surface area contributed by atoms with Crippen molar-refractivity contribution in [2.75, 3.05) is 14.1 Å². The Balaban J connectivity index is 1.50. The molecule has 0 aliphatic carbocycles. The predicted molar refractivity (Wildman–Crippen MR) is 121 cm³/mol. The van der Waals surface area contributed by atoms with Crippen molar-refractivity contribution in [2.45, 2.75) is 16.7 Å². The van der Waals surface area contributed by atoms with E-state index >= 15 is 0 Å². The van der Waals surface area contributed by atoms with E-state index < -0.39 is 0 Å². The summed E-state index contributed by atoms with van der Waals surface area (Å²) in [6.45, 7) is 2.14. The van der Waals surface area contributed by atoms with Crippen LogP contribution in [0.15, 0.2) is 88.9 Å². The van der Waals surface area contributed by atoms with E-state index in [0.717, 1.165) is 22.7 Å². The molecule has 30 heavy (non-hydrogen) atoms. The molecular formula is C25H22N4S+4. The molecule has 0 spiro atoms. The first-order valence-electron chi connectivity index (χ1n) is 9.82. The molecule has 0 saturated carbocycles. The summed E-state index contributed by atoms with van der Waals surface area (Å²) in [5.74, 6) is 0. The zero-order chi connectivity index (χ0) is 20.7. The van der Waals surface area contributed by atoms with Crippen LogP contribution in [0, 0.1) is 6.92 Å². The van der Waals surface area contributed by atoms with Gasteiger partial charge in [-0.1, -0.05) is 43.7 Å². The molecule has 0 fully saturated rings. The van der Waals surface area contributed by atoms with E-state index in [-0.39, 0.29) is 0 Å². The van der Waals surface area contributed by atoms with Crippen molar-refractivity contribution >= 4 is 46.5 Å². The first kappa shape index (κ1) is 18.5. The van der Waals surface area contributed by atoms with Crippen molar-refractivity contribution in [1.82, 2.24) is 4.58 Å². The van der Waals surface area contributed by atoms with Crippen molar-refractivity contribution in [3.05, 3.63) is 84.7 Å². The molecule has 2 heterocycles. The summed E-state index contributed by atoms with van der Waals surface area (Å²) in [6, 6.07) is 30.3. The molecule has 0 atom stereocenters. The third kappa shape index (κ3) is 3.47. The lowest BCUT2D eigenvalue weighted by molar-refractivity contribution is -0.429. The van der Waals surface area contributed by atoms with Gasteiger partial charge < -0.3 is 0 Å². The highest BCUT2D eigenvalue weighted by Gasteiger charge is 2.32. The fraction of sp³-hybridized carbons (Fsp3) is 0.120. The number of hydrogen-bond acceptors (Lipinski definition) is 1. The lowest BCUT2D eigenvalue weighted by Gasteiger charge is -2.04. The van der Waals surface area contributed by atoms with Crippen molar-refractivity contribution in [1.29, 1.82) is 0 Å². The molecule has 144 valence electrons. The van der Waals surface area contributed by atoms with E-state index in [9.17, 15) is 0 Å². The lowest BCUT2D eigenvalue weighted by atomic mass is 10.2. The third-order valence-corrected chi connectivity index (χ3v) is 6.03. The number of benzene rings is 3. The van der Waals surface area contributed by atoms with Gasteiger partial charge in [0.25, 0.3) is 17.6 Å². The molecule has 5 rings (SSSR count). The maximum atomic E-state index is 3.43. The van der Waals surface area contributed by atoms with Crippen LogP contribution in [0.2, 0.25) is 0 Å². The van der Waals surface area contributed by atoms with E-state index in [1.165, 1.54) is 15.4 Å². The molecule has 0 saturated heterocycles. The van der Waals surface area contributed by atoms with Gasteiger partial charge in [-0.25, -0.2) is 0 Å². The molecule has 0 N–H and O–H groups in total. The molecule has 0 bridgehead atoms. The van der Waals surface area contributed by atoms with Gasteiger partial charge in [-0.3, -0.25) is 0 Å². The normalized spacial score (nSPS) is 14.2. The fourth-order valence-electron chi connectivity index (χ4n) is 3.69. The van der Waals surface area contributed by atoms with E-state index in [1.54, 1.807) is 11.8 Å². The number of nitrogens with zero attached hydrogens (tertiary/aromatic N) is 4. The molecule has 0 unspecified atom stereocenters. The average molecular weight is 411 g/mol. The Morgan fingerprint density at radius 2 is 1.53 bits per heavy atom. The van der Waals surface area contributed by atoms with Crippen LogP contribution in [0.3, 0.4) is 0 Å². The SMILES string of the molecule is Cc1cc(Sc2cccc([N+]3=C=[N+](C)C=C3)c2)cc([N+]2=C=[N+](C)c3ccccc32)c1. The molecule has 5 heteroatoms. The summed E-state index contributed by atoms with van der Waals surface area (Å²) in [5.41, 5.74) is 5.77. The zero-order valence-electron chi connectivity index (χ0n) is 17.2. The maximum absolute atomic E-state index is 3.43. The summed E-state index contributed by atoms with van der Waals surface area (Å²) >= 11 is 1.77. The molecule has 3 aromatic rings. The first-order valence-corrected chi connectivity index (χ1v) is 10.6.